The molecule has 7 heteroatoms. The summed E-state index contributed by atoms with van der Waals surface area (Å²) in [6, 6.07) is 2.19. The van der Waals surface area contributed by atoms with Crippen molar-refractivity contribution in [2.45, 2.75) is 31.2 Å². The minimum absolute atomic E-state index is 0.129. The topological polar surface area (TPSA) is 72.2 Å². The van der Waals surface area contributed by atoms with Crippen molar-refractivity contribution in [2.24, 2.45) is 5.73 Å². The summed E-state index contributed by atoms with van der Waals surface area (Å²) in [6.07, 6.45) is 0. The van der Waals surface area contributed by atoms with Crippen LogP contribution in [-0.2, 0) is 10.0 Å². The smallest absolute Gasteiger partial charge is 0.242 e. The molecule has 0 unspecified atom stereocenters. The minimum atomic E-state index is -3.83. The number of benzene rings is 1. The van der Waals surface area contributed by atoms with Gasteiger partial charge in [0.25, 0.3) is 0 Å². The van der Waals surface area contributed by atoms with E-state index in [2.05, 4.69) is 4.72 Å². The third-order valence-corrected chi connectivity index (χ3v) is 4.59. The summed E-state index contributed by atoms with van der Waals surface area (Å²) >= 11 is 5.77. The molecule has 0 amide bonds. The van der Waals surface area contributed by atoms with Crippen LogP contribution in [0.25, 0.3) is 0 Å². The summed E-state index contributed by atoms with van der Waals surface area (Å²) in [5.41, 5.74) is 4.88. The number of rotatable bonds is 4. The summed E-state index contributed by atoms with van der Waals surface area (Å²) in [6.45, 7) is 4.90. The molecule has 0 aliphatic carbocycles. The SMILES string of the molecule is Cc1cc(S(=O)(=O)NC(C)(C)CN)c(Cl)cc1F. The average Bonchev–Trinajstić information content (AvgIpc) is 2.21. The van der Waals surface area contributed by atoms with Crippen LogP contribution >= 0.6 is 11.6 Å². The first-order valence-corrected chi connectivity index (χ1v) is 7.15. The molecular weight excluding hydrogens is 279 g/mol. The lowest BCUT2D eigenvalue weighted by atomic mass is 10.1. The van der Waals surface area contributed by atoms with Gasteiger partial charge in [0.1, 0.15) is 10.7 Å². The summed E-state index contributed by atoms with van der Waals surface area (Å²) in [7, 11) is -3.83. The van der Waals surface area contributed by atoms with Gasteiger partial charge in [0, 0.05) is 12.1 Å². The van der Waals surface area contributed by atoms with Crippen LogP contribution in [0.2, 0.25) is 5.02 Å². The molecule has 1 aromatic carbocycles. The van der Waals surface area contributed by atoms with Gasteiger partial charge in [-0.1, -0.05) is 11.6 Å². The second-order valence-electron chi connectivity index (χ2n) is 4.73. The second kappa shape index (κ2) is 5.13. The van der Waals surface area contributed by atoms with Crippen molar-refractivity contribution < 1.29 is 12.8 Å². The molecule has 0 saturated carbocycles. The minimum Gasteiger partial charge on any atom is -0.329 e. The van der Waals surface area contributed by atoms with Crippen molar-refractivity contribution >= 4 is 21.6 Å². The van der Waals surface area contributed by atoms with E-state index in [0.29, 0.717) is 0 Å². The van der Waals surface area contributed by atoms with E-state index >= 15 is 0 Å². The number of sulfonamides is 1. The number of hydrogen-bond acceptors (Lipinski definition) is 3. The molecule has 0 aliphatic heterocycles. The van der Waals surface area contributed by atoms with Gasteiger partial charge in [-0.2, -0.15) is 0 Å². The molecule has 4 nitrogen and oxygen atoms in total. The first-order valence-electron chi connectivity index (χ1n) is 5.29. The fraction of sp³-hybridized carbons (Fsp3) is 0.455. The van der Waals surface area contributed by atoms with Crippen LogP contribution in [-0.4, -0.2) is 20.5 Å². The Morgan fingerprint density at radius 1 is 1.44 bits per heavy atom. The van der Waals surface area contributed by atoms with Crippen molar-refractivity contribution in [1.29, 1.82) is 0 Å². The first kappa shape index (κ1) is 15.4. The van der Waals surface area contributed by atoms with Crippen molar-refractivity contribution in [3.8, 4) is 0 Å². The third-order valence-electron chi connectivity index (χ3n) is 2.42. The highest BCUT2D eigenvalue weighted by atomic mass is 35.5. The van der Waals surface area contributed by atoms with Gasteiger partial charge in [-0.05, 0) is 38.5 Å². The zero-order chi connectivity index (χ0) is 14.1. The Kier molecular flexibility index (Phi) is 4.38. The highest BCUT2D eigenvalue weighted by molar-refractivity contribution is 7.89. The lowest BCUT2D eigenvalue weighted by Crippen LogP contribution is -2.48. The molecule has 0 radical (unpaired) electrons. The Morgan fingerprint density at radius 2 is 2.00 bits per heavy atom. The number of aryl methyl sites for hydroxylation is 1. The maximum absolute atomic E-state index is 13.2. The number of nitrogens with one attached hydrogen (secondary N) is 1. The van der Waals surface area contributed by atoms with Crippen LogP contribution in [0.15, 0.2) is 17.0 Å². The molecule has 102 valence electrons. The van der Waals surface area contributed by atoms with Crippen molar-refractivity contribution in [1.82, 2.24) is 4.72 Å². The number of nitrogens with two attached hydrogens (primary N) is 1. The highest BCUT2D eigenvalue weighted by Crippen LogP contribution is 2.25. The Bertz CT molecular complexity index is 558. The van der Waals surface area contributed by atoms with Gasteiger partial charge in [-0.15, -0.1) is 0 Å². The summed E-state index contributed by atoms with van der Waals surface area (Å²) in [4.78, 5) is -0.149. The van der Waals surface area contributed by atoms with Crippen LogP contribution < -0.4 is 10.5 Å². The molecule has 0 aromatic heterocycles. The Morgan fingerprint density at radius 3 is 2.50 bits per heavy atom. The molecule has 3 N–H and O–H groups in total. The highest BCUT2D eigenvalue weighted by Gasteiger charge is 2.27. The van der Waals surface area contributed by atoms with Crippen LogP contribution in [0.3, 0.4) is 0 Å². The maximum atomic E-state index is 13.2. The predicted molar refractivity (Wildman–Crippen MR) is 69.6 cm³/mol. The van der Waals surface area contributed by atoms with E-state index in [9.17, 15) is 12.8 Å². The third kappa shape index (κ3) is 3.41. The molecular formula is C11H16ClFN2O2S. The van der Waals surface area contributed by atoms with Crippen LogP contribution in [0.4, 0.5) is 4.39 Å². The van der Waals surface area contributed by atoms with Crippen molar-refractivity contribution in [3.63, 3.8) is 0 Å². The van der Waals surface area contributed by atoms with E-state index in [1.54, 1.807) is 13.8 Å². The largest absolute Gasteiger partial charge is 0.329 e. The fourth-order valence-electron chi connectivity index (χ4n) is 1.30. The molecule has 1 aromatic rings. The first-order chi connectivity index (χ1) is 8.09. The van der Waals surface area contributed by atoms with Crippen LogP contribution in [0.1, 0.15) is 19.4 Å². The van der Waals surface area contributed by atoms with Crippen molar-refractivity contribution in [2.75, 3.05) is 6.54 Å². The second-order valence-corrected chi connectivity index (χ2v) is 6.78. The Hall–Kier alpha value is -0.690. The molecule has 0 aliphatic rings. The van der Waals surface area contributed by atoms with Gasteiger partial charge in [0.05, 0.1) is 5.02 Å². The van der Waals surface area contributed by atoms with E-state index in [-0.39, 0.29) is 22.0 Å². The van der Waals surface area contributed by atoms with Gasteiger partial charge < -0.3 is 5.73 Å². The van der Waals surface area contributed by atoms with Gasteiger partial charge in [-0.25, -0.2) is 17.5 Å². The fourth-order valence-corrected chi connectivity index (χ4v) is 3.32. The van der Waals surface area contributed by atoms with Gasteiger partial charge >= 0.3 is 0 Å². The molecule has 0 saturated heterocycles. The van der Waals surface area contributed by atoms with Gasteiger partial charge in [0.15, 0.2) is 0 Å². The van der Waals surface area contributed by atoms with E-state index < -0.39 is 21.4 Å². The van der Waals surface area contributed by atoms with E-state index in [0.717, 1.165) is 6.07 Å². The zero-order valence-electron chi connectivity index (χ0n) is 10.4. The molecule has 0 bridgehead atoms. The summed E-state index contributed by atoms with van der Waals surface area (Å²) in [5, 5.41) is -0.154. The van der Waals surface area contributed by atoms with Gasteiger partial charge in [0.2, 0.25) is 10.0 Å². The van der Waals surface area contributed by atoms with Crippen LogP contribution in [0.5, 0.6) is 0 Å². The monoisotopic (exact) mass is 294 g/mol. The molecule has 18 heavy (non-hydrogen) atoms. The summed E-state index contributed by atoms with van der Waals surface area (Å²) < 4.78 is 39.9. The maximum Gasteiger partial charge on any atom is 0.242 e. The quantitative estimate of drug-likeness (QED) is 0.889. The zero-order valence-corrected chi connectivity index (χ0v) is 12.0. The van der Waals surface area contributed by atoms with Crippen molar-refractivity contribution in [3.05, 3.63) is 28.5 Å². The number of halogens is 2. The standard InChI is InChI=1S/C11H16ClFN2O2S/c1-7-4-10(8(12)5-9(7)13)18(16,17)15-11(2,3)6-14/h4-5,15H,6,14H2,1-3H3. The van der Waals surface area contributed by atoms with E-state index in [4.69, 9.17) is 17.3 Å². The molecule has 0 spiro atoms. The average molecular weight is 295 g/mol. The Balaban J connectivity index is 3.26. The van der Waals surface area contributed by atoms with Gasteiger partial charge in [-0.3, -0.25) is 0 Å². The Labute approximate surface area is 111 Å². The molecule has 0 atom stereocenters. The molecule has 1 rings (SSSR count). The molecule has 0 fully saturated rings. The van der Waals surface area contributed by atoms with Crippen LogP contribution in [0, 0.1) is 12.7 Å². The van der Waals surface area contributed by atoms with E-state index in [1.807, 2.05) is 0 Å². The lowest BCUT2D eigenvalue weighted by Gasteiger charge is -2.24. The van der Waals surface area contributed by atoms with E-state index in [1.165, 1.54) is 13.0 Å². The number of hydrogen-bond donors (Lipinski definition) is 2. The lowest BCUT2D eigenvalue weighted by molar-refractivity contribution is 0.462. The normalized spacial score (nSPS) is 12.8. The summed E-state index contributed by atoms with van der Waals surface area (Å²) in [5.74, 6) is -0.544. The molecule has 0 heterocycles. The predicted octanol–water partition coefficient (Wildman–Crippen LogP) is 1.80.